The molecule has 1 aliphatic carbocycles. The Morgan fingerprint density at radius 2 is 1.84 bits per heavy atom. The molecule has 0 radical (unpaired) electrons. The first-order valence-corrected chi connectivity index (χ1v) is 9.34. The zero-order valence-electron chi connectivity index (χ0n) is 15.0. The topological polar surface area (TPSA) is 69.6 Å². The van der Waals surface area contributed by atoms with Crippen LogP contribution < -0.4 is 5.32 Å². The number of hydrogen-bond acceptors (Lipinski definition) is 3. The minimum atomic E-state index is -0.00179. The fourth-order valence-electron chi connectivity index (χ4n) is 3.44. The van der Waals surface area contributed by atoms with Crippen molar-refractivity contribution >= 4 is 17.5 Å². The van der Waals surface area contributed by atoms with Crippen molar-refractivity contribution in [1.82, 2.24) is 4.90 Å². The molecule has 3 rings (SSSR count). The molecule has 0 bridgehead atoms. The molecule has 2 amide bonds. The zero-order chi connectivity index (χ0) is 17.9. The molecular formula is C20H28N2O3. The highest BCUT2D eigenvalue weighted by Gasteiger charge is 2.33. The number of anilines is 1. The Labute approximate surface area is 149 Å². The maximum Gasteiger partial charge on any atom is 0.227 e. The van der Waals surface area contributed by atoms with Crippen molar-refractivity contribution < 1.29 is 14.7 Å². The third-order valence-electron chi connectivity index (χ3n) is 5.79. The van der Waals surface area contributed by atoms with Crippen LogP contribution in [0.25, 0.3) is 0 Å². The maximum atomic E-state index is 12.5. The highest BCUT2D eigenvalue weighted by atomic mass is 16.3. The summed E-state index contributed by atoms with van der Waals surface area (Å²) in [7, 11) is 0. The number of nitrogens with one attached hydrogen (secondary N) is 1. The van der Waals surface area contributed by atoms with E-state index >= 15 is 0 Å². The molecule has 2 N–H and O–H groups in total. The van der Waals surface area contributed by atoms with Gasteiger partial charge in [-0.1, -0.05) is 19.1 Å². The number of nitrogens with zero attached hydrogens (tertiary/aromatic N) is 1. The number of hydrogen-bond donors (Lipinski definition) is 2. The summed E-state index contributed by atoms with van der Waals surface area (Å²) < 4.78 is 0. The van der Waals surface area contributed by atoms with Gasteiger partial charge < -0.3 is 15.3 Å². The quantitative estimate of drug-likeness (QED) is 0.833. The van der Waals surface area contributed by atoms with E-state index in [-0.39, 0.29) is 29.8 Å². The Hall–Kier alpha value is -1.88. The second-order valence-electron chi connectivity index (χ2n) is 7.53. The van der Waals surface area contributed by atoms with Crippen LogP contribution in [-0.2, 0) is 16.0 Å². The van der Waals surface area contributed by atoms with Crippen molar-refractivity contribution in [2.24, 2.45) is 11.3 Å². The van der Waals surface area contributed by atoms with Gasteiger partial charge in [0.25, 0.3) is 0 Å². The lowest BCUT2D eigenvalue weighted by Gasteiger charge is -2.40. The zero-order valence-corrected chi connectivity index (χ0v) is 15.0. The summed E-state index contributed by atoms with van der Waals surface area (Å²) in [6.07, 6.45) is 5.07. The molecule has 1 saturated carbocycles. The molecule has 1 aromatic rings. The summed E-state index contributed by atoms with van der Waals surface area (Å²) in [5, 5.41) is 12.5. The molecule has 2 aliphatic rings. The SMILES string of the molecule is CCC1(CO)CCN(C(=O)Cc2ccc(NC(=O)C3CC3)cc2)CC1. The molecule has 5 heteroatoms. The minimum absolute atomic E-state index is 0.00179. The van der Waals surface area contributed by atoms with Crippen molar-refractivity contribution in [2.75, 3.05) is 25.0 Å². The number of carbonyl (C=O) groups is 2. The van der Waals surface area contributed by atoms with Crippen LogP contribution in [-0.4, -0.2) is 41.5 Å². The molecule has 0 spiro atoms. The molecule has 1 aromatic carbocycles. The monoisotopic (exact) mass is 344 g/mol. The van der Waals surface area contributed by atoms with Gasteiger partial charge >= 0.3 is 0 Å². The Morgan fingerprint density at radius 3 is 2.36 bits per heavy atom. The van der Waals surface area contributed by atoms with E-state index in [2.05, 4.69) is 12.2 Å². The predicted molar refractivity (Wildman–Crippen MR) is 97.1 cm³/mol. The van der Waals surface area contributed by atoms with Crippen molar-refractivity contribution in [3.63, 3.8) is 0 Å². The summed E-state index contributed by atoms with van der Waals surface area (Å²) in [4.78, 5) is 26.2. The number of likely N-dealkylation sites (tertiary alicyclic amines) is 1. The largest absolute Gasteiger partial charge is 0.396 e. The average Bonchev–Trinajstić information content (AvgIpc) is 3.48. The first-order valence-electron chi connectivity index (χ1n) is 9.34. The summed E-state index contributed by atoms with van der Waals surface area (Å²) in [6, 6.07) is 7.56. The summed E-state index contributed by atoms with van der Waals surface area (Å²) in [6.45, 7) is 3.77. The first-order chi connectivity index (χ1) is 12.0. The average molecular weight is 344 g/mol. The van der Waals surface area contributed by atoms with Crippen LogP contribution in [0.5, 0.6) is 0 Å². The number of carbonyl (C=O) groups excluding carboxylic acids is 2. The van der Waals surface area contributed by atoms with Crippen molar-refractivity contribution in [3.05, 3.63) is 29.8 Å². The third-order valence-corrected chi connectivity index (χ3v) is 5.79. The Balaban J connectivity index is 1.50. The number of rotatable bonds is 6. The van der Waals surface area contributed by atoms with Crippen molar-refractivity contribution in [3.8, 4) is 0 Å². The lowest BCUT2D eigenvalue weighted by molar-refractivity contribution is -0.133. The lowest BCUT2D eigenvalue weighted by Crippen LogP contribution is -2.44. The van der Waals surface area contributed by atoms with Gasteiger partial charge in [-0.05, 0) is 55.2 Å². The highest BCUT2D eigenvalue weighted by Crippen LogP contribution is 2.34. The van der Waals surface area contributed by atoms with Gasteiger partial charge in [0.2, 0.25) is 11.8 Å². The molecule has 2 fully saturated rings. The van der Waals surface area contributed by atoms with Gasteiger partial charge in [0.1, 0.15) is 0 Å². The van der Waals surface area contributed by atoms with Gasteiger partial charge in [-0.25, -0.2) is 0 Å². The van der Waals surface area contributed by atoms with Crippen LogP contribution in [0, 0.1) is 11.3 Å². The van der Waals surface area contributed by atoms with Gasteiger partial charge in [0, 0.05) is 31.3 Å². The Bertz CT molecular complexity index is 608. The van der Waals surface area contributed by atoms with Crippen LogP contribution in [0.2, 0.25) is 0 Å². The maximum absolute atomic E-state index is 12.5. The molecule has 5 nitrogen and oxygen atoms in total. The Kier molecular flexibility index (Phi) is 5.42. The van der Waals surface area contributed by atoms with E-state index in [1.807, 2.05) is 29.2 Å². The fraction of sp³-hybridized carbons (Fsp3) is 0.600. The summed E-state index contributed by atoms with van der Waals surface area (Å²) >= 11 is 0. The van der Waals surface area contributed by atoms with E-state index in [0.717, 1.165) is 56.4 Å². The predicted octanol–water partition coefficient (Wildman–Crippen LogP) is 2.59. The lowest BCUT2D eigenvalue weighted by atomic mass is 9.77. The van der Waals surface area contributed by atoms with Gasteiger partial charge in [-0.3, -0.25) is 9.59 Å². The van der Waals surface area contributed by atoms with Gasteiger partial charge in [0.15, 0.2) is 0 Å². The van der Waals surface area contributed by atoms with Crippen LogP contribution in [0.3, 0.4) is 0 Å². The standard InChI is InChI=1S/C20H28N2O3/c1-2-20(14-23)9-11-22(12-10-20)18(24)13-15-3-7-17(8-4-15)21-19(25)16-5-6-16/h3-4,7-8,16,23H,2,5-6,9-14H2,1H3,(H,21,25). The second kappa shape index (κ2) is 7.56. The van der Waals surface area contributed by atoms with E-state index in [0.29, 0.717) is 6.42 Å². The van der Waals surface area contributed by atoms with Gasteiger partial charge in [0.05, 0.1) is 6.42 Å². The third kappa shape index (κ3) is 4.40. The van der Waals surface area contributed by atoms with Crippen molar-refractivity contribution in [1.29, 1.82) is 0 Å². The molecular weight excluding hydrogens is 316 g/mol. The molecule has 1 saturated heterocycles. The normalized spacial score (nSPS) is 19.5. The Morgan fingerprint density at radius 1 is 1.20 bits per heavy atom. The molecule has 25 heavy (non-hydrogen) atoms. The van der Waals surface area contributed by atoms with Gasteiger partial charge in [-0.2, -0.15) is 0 Å². The molecule has 1 heterocycles. The van der Waals surface area contributed by atoms with E-state index in [9.17, 15) is 14.7 Å². The van der Waals surface area contributed by atoms with Crippen LogP contribution in [0.15, 0.2) is 24.3 Å². The molecule has 1 aliphatic heterocycles. The van der Waals surface area contributed by atoms with Crippen LogP contribution in [0.1, 0.15) is 44.6 Å². The number of benzene rings is 1. The van der Waals surface area contributed by atoms with E-state index in [1.54, 1.807) is 0 Å². The highest BCUT2D eigenvalue weighted by molar-refractivity contribution is 5.94. The van der Waals surface area contributed by atoms with Gasteiger partial charge in [-0.15, -0.1) is 0 Å². The minimum Gasteiger partial charge on any atom is -0.396 e. The first kappa shape index (κ1) is 17.9. The smallest absolute Gasteiger partial charge is 0.227 e. The summed E-state index contributed by atoms with van der Waals surface area (Å²) in [5.41, 5.74) is 1.75. The van der Waals surface area contributed by atoms with E-state index in [4.69, 9.17) is 0 Å². The molecule has 136 valence electrons. The summed E-state index contributed by atoms with van der Waals surface area (Å²) in [5.74, 6) is 0.423. The number of aliphatic hydroxyl groups excluding tert-OH is 1. The number of amides is 2. The van der Waals surface area contributed by atoms with E-state index in [1.165, 1.54) is 0 Å². The number of piperidine rings is 1. The van der Waals surface area contributed by atoms with Crippen molar-refractivity contribution in [2.45, 2.75) is 45.4 Å². The molecule has 0 unspecified atom stereocenters. The number of aliphatic hydroxyl groups is 1. The van der Waals surface area contributed by atoms with E-state index < -0.39 is 0 Å². The second-order valence-corrected chi connectivity index (χ2v) is 7.53. The molecule has 0 atom stereocenters. The van der Waals surface area contributed by atoms with Crippen LogP contribution in [0.4, 0.5) is 5.69 Å². The molecule has 0 aromatic heterocycles. The van der Waals surface area contributed by atoms with Crippen LogP contribution >= 0.6 is 0 Å². The fourth-order valence-corrected chi connectivity index (χ4v) is 3.44.